The van der Waals surface area contributed by atoms with Crippen LogP contribution in [0.4, 0.5) is 10.5 Å². The molecular weight excluding hydrogens is 432 g/mol. The van der Waals surface area contributed by atoms with Crippen LogP contribution < -0.4 is 5.32 Å². The number of amides is 3. The second-order valence-electron chi connectivity index (χ2n) is 7.44. The summed E-state index contributed by atoms with van der Waals surface area (Å²) in [6, 6.07) is 14.6. The molecule has 3 aromatic rings. The van der Waals surface area contributed by atoms with E-state index in [0.29, 0.717) is 10.7 Å². The second kappa shape index (κ2) is 8.32. The molecule has 2 aromatic carbocycles. The number of hydrogen-bond acceptors (Lipinski definition) is 4. The van der Waals surface area contributed by atoms with Gasteiger partial charge in [0.2, 0.25) is 0 Å². The molecule has 0 aliphatic carbocycles. The van der Waals surface area contributed by atoms with E-state index in [9.17, 15) is 19.7 Å². The molecule has 162 valence electrons. The number of carbonyl (C=O) groups is 2. The van der Waals surface area contributed by atoms with Crippen LogP contribution in [0.2, 0.25) is 5.02 Å². The summed E-state index contributed by atoms with van der Waals surface area (Å²) >= 11 is 5.89. The van der Waals surface area contributed by atoms with Crippen LogP contribution in [0.3, 0.4) is 0 Å². The van der Waals surface area contributed by atoms with Crippen LogP contribution >= 0.6 is 11.6 Å². The summed E-state index contributed by atoms with van der Waals surface area (Å²) in [6.07, 6.45) is 1.62. The van der Waals surface area contributed by atoms with Gasteiger partial charge in [-0.3, -0.25) is 19.8 Å². The molecule has 1 fully saturated rings. The highest BCUT2D eigenvalue weighted by Gasteiger charge is 2.33. The molecule has 1 saturated heterocycles. The van der Waals surface area contributed by atoms with E-state index in [1.807, 2.05) is 24.5 Å². The molecule has 0 spiro atoms. The minimum absolute atomic E-state index is 0.00835. The van der Waals surface area contributed by atoms with Crippen LogP contribution in [0.1, 0.15) is 22.5 Å². The van der Waals surface area contributed by atoms with Crippen molar-refractivity contribution in [3.63, 3.8) is 0 Å². The number of imide groups is 1. The zero-order valence-electron chi connectivity index (χ0n) is 17.3. The first-order chi connectivity index (χ1) is 15.2. The Balaban J connectivity index is 1.63. The van der Waals surface area contributed by atoms with Gasteiger partial charge in [-0.05, 0) is 55.3 Å². The number of carbonyl (C=O) groups excluding carboxylic acids is 2. The molecule has 1 aromatic heterocycles. The number of nitro benzene ring substituents is 1. The van der Waals surface area contributed by atoms with Crippen LogP contribution in [0.15, 0.2) is 60.3 Å². The number of rotatable bonds is 5. The highest BCUT2D eigenvalue weighted by Crippen LogP contribution is 2.26. The van der Waals surface area contributed by atoms with Gasteiger partial charge in [-0.15, -0.1) is 0 Å². The van der Waals surface area contributed by atoms with Crippen LogP contribution in [0, 0.1) is 24.0 Å². The number of halogens is 1. The fraction of sp³-hybridized carbons (Fsp3) is 0.130. The lowest BCUT2D eigenvalue weighted by molar-refractivity contribution is -0.384. The molecule has 2 heterocycles. The van der Waals surface area contributed by atoms with Gasteiger partial charge in [-0.1, -0.05) is 29.8 Å². The Morgan fingerprint density at radius 3 is 2.50 bits per heavy atom. The van der Waals surface area contributed by atoms with Gasteiger partial charge in [0.25, 0.3) is 11.6 Å². The van der Waals surface area contributed by atoms with Crippen molar-refractivity contribution < 1.29 is 14.5 Å². The molecular formula is C23H19ClN4O4. The Morgan fingerprint density at radius 2 is 1.81 bits per heavy atom. The third kappa shape index (κ3) is 4.00. The van der Waals surface area contributed by atoms with Crippen molar-refractivity contribution in [3.8, 4) is 5.69 Å². The number of aromatic nitrogens is 1. The van der Waals surface area contributed by atoms with Crippen molar-refractivity contribution in [2.24, 2.45) is 0 Å². The number of benzene rings is 2. The van der Waals surface area contributed by atoms with Gasteiger partial charge in [0.15, 0.2) is 0 Å². The lowest BCUT2D eigenvalue weighted by atomic mass is 10.2. The standard InChI is InChI=1S/C23H19ClN4O4/c1-14-10-17(15(2)27(14)19-4-3-5-20(12-19)28(31)32)11-21-22(29)26(23(30)25-21)13-16-6-8-18(24)9-7-16/h3-12H,13H2,1-2H3,(H,25,30)/b21-11-. The maximum Gasteiger partial charge on any atom is 0.329 e. The van der Waals surface area contributed by atoms with E-state index in [0.717, 1.165) is 27.4 Å². The number of urea groups is 1. The molecule has 8 nitrogen and oxygen atoms in total. The Kier molecular flexibility index (Phi) is 5.54. The Hall–Kier alpha value is -3.91. The first kappa shape index (κ1) is 21.3. The molecule has 0 bridgehead atoms. The van der Waals surface area contributed by atoms with Gasteiger partial charge in [0.05, 0.1) is 17.2 Å². The fourth-order valence-electron chi connectivity index (χ4n) is 3.72. The summed E-state index contributed by atoms with van der Waals surface area (Å²) in [5.74, 6) is -0.426. The number of nitrogens with one attached hydrogen (secondary N) is 1. The van der Waals surface area contributed by atoms with Crippen molar-refractivity contribution in [2.45, 2.75) is 20.4 Å². The summed E-state index contributed by atoms with van der Waals surface area (Å²) in [6.45, 7) is 3.85. The van der Waals surface area contributed by atoms with E-state index in [-0.39, 0.29) is 17.9 Å². The molecule has 1 aliphatic rings. The van der Waals surface area contributed by atoms with Gasteiger partial charge in [-0.25, -0.2) is 4.79 Å². The summed E-state index contributed by atoms with van der Waals surface area (Å²) in [5.41, 5.74) is 3.94. The van der Waals surface area contributed by atoms with Gasteiger partial charge in [0.1, 0.15) is 5.70 Å². The maximum absolute atomic E-state index is 12.9. The van der Waals surface area contributed by atoms with E-state index in [4.69, 9.17) is 11.6 Å². The molecule has 1 N–H and O–H groups in total. The Bertz CT molecular complexity index is 1280. The van der Waals surface area contributed by atoms with Crippen LogP contribution in [0.5, 0.6) is 0 Å². The zero-order valence-corrected chi connectivity index (χ0v) is 18.1. The molecule has 0 atom stereocenters. The summed E-state index contributed by atoms with van der Waals surface area (Å²) in [5, 5.41) is 14.3. The fourth-order valence-corrected chi connectivity index (χ4v) is 3.85. The molecule has 1 aliphatic heterocycles. The smallest absolute Gasteiger partial charge is 0.318 e. The topological polar surface area (TPSA) is 97.5 Å². The maximum atomic E-state index is 12.9. The molecule has 32 heavy (non-hydrogen) atoms. The van der Waals surface area contributed by atoms with E-state index < -0.39 is 16.9 Å². The molecule has 0 unspecified atom stereocenters. The first-order valence-corrected chi connectivity index (χ1v) is 10.1. The van der Waals surface area contributed by atoms with E-state index in [1.165, 1.54) is 12.1 Å². The van der Waals surface area contributed by atoms with E-state index in [2.05, 4.69) is 5.32 Å². The molecule has 4 rings (SSSR count). The third-order valence-electron chi connectivity index (χ3n) is 5.29. The van der Waals surface area contributed by atoms with Crippen molar-refractivity contribution in [2.75, 3.05) is 0 Å². The summed E-state index contributed by atoms with van der Waals surface area (Å²) < 4.78 is 1.87. The number of hydrogen-bond donors (Lipinski definition) is 1. The number of aryl methyl sites for hydroxylation is 1. The molecule has 3 amide bonds. The predicted octanol–water partition coefficient (Wildman–Crippen LogP) is 4.75. The van der Waals surface area contributed by atoms with Gasteiger partial charge in [0, 0.05) is 28.5 Å². The number of non-ortho nitro benzene ring substituents is 1. The van der Waals surface area contributed by atoms with Gasteiger partial charge >= 0.3 is 6.03 Å². The Labute approximate surface area is 188 Å². The largest absolute Gasteiger partial charge is 0.329 e. The van der Waals surface area contributed by atoms with Crippen molar-refractivity contribution in [1.82, 2.24) is 14.8 Å². The minimum Gasteiger partial charge on any atom is -0.318 e. The zero-order chi connectivity index (χ0) is 23.0. The lowest BCUT2D eigenvalue weighted by Gasteiger charge is -2.11. The first-order valence-electron chi connectivity index (χ1n) is 9.77. The molecule has 0 radical (unpaired) electrons. The quantitative estimate of drug-likeness (QED) is 0.262. The third-order valence-corrected chi connectivity index (χ3v) is 5.54. The minimum atomic E-state index is -0.497. The van der Waals surface area contributed by atoms with Crippen LogP contribution in [-0.4, -0.2) is 26.3 Å². The lowest BCUT2D eigenvalue weighted by Crippen LogP contribution is -2.30. The normalized spacial score (nSPS) is 14.8. The molecule has 0 saturated carbocycles. The molecule has 9 heteroatoms. The van der Waals surface area contributed by atoms with Crippen molar-refractivity contribution >= 4 is 35.3 Å². The highest BCUT2D eigenvalue weighted by atomic mass is 35.5. The Morgan fingerprint density at radius 1 is 1.09 bits per heavy atom. The van der Waals surface area contributed by atoms with Crippen molar-refractivity contribution in [3.05, 3.63) is 97.9 Å². The van der Waals surface area contributed by atoms with E-state index >= 15 is 0 Å². The van der Waals surface area contributed by atoms with Crippen LogP contribution in [-0.2, 0) is 11.3 Å². The van der Waals surface area contributed by atoms with Crippen molar-refractivity contribution in [1.29, 1.82) is 0 Å². The van der Waals surface area contributed by atoms with Gasteiger partial charge < -0.3 is 9.88 Å². The van der Waals surface area contributed by atoms with Gasteiger partial charge in [-0.2, -0.15) is 0 Å². The monoisotopic (exact) mass is 450 g/mol. The predicted molar refractivity (Wildman–Crippen MR) is 120 cm³/mol. The average molecular weight is 451 g/mol. The van der Waals surface area contributed by atoms with Crippen LogP contribution in [0.25, 0.3) is 11.8 Å². The summed E-state index contributed by atoms with van der Waals surface area (Å²) in [7, 11) is 0. The number of nitro groups is 1. The highest BCUT2D eigenvalue weighted by molar-refractivity contribution is 6.30. The average Bonchev–Trinajstić information content (AvgIpc) is 3.19. The SMILES string of the molecule is Cc1cc(/C=C2\NC(=O)N(Cc3ccc(Cl)cc3)C2=O)c(C)n1-c1cccc([N+](=O)[O-])c1. The summed E-state index contributed by atoms with van der Waals surface area (Å²) in [4.78, 5) is 37.1. The van der Waals surface area contributed by atoms with E-state index in [1.54, 1.807) is 42.5 Å². The number of nitrogens with zero attached hydrogens (tertiary/aromatic N) is 3. The second-order valence-corrected chi connectivity index (χ2v) is 7.88.